The van der Waals surface area contributed by atoms with Crippen molar-refractivity contribution in [2.45, 2.75) is 13.8 Å². The van der Waals surface area contributed by atoms with Crippen LogP contribution in [0, 0.1) is 13.8 Å². The molecular formula is C10H14O2. The second-order valence-electron chi connectivity index (χ2n) is 2.52. The third kappa shape index (κ3) is 1.52. The molecule has 0 saturated heterocycles. The molecule has 0 bridgehead atoms. The molecule has 66 valence electrons. The van der Waals surface area contributed by atoms with Gasteiger partial charge < -0.3 is 9.47 Å². The maximum atomic E-state index is 7.36. The molecule has 0 aliphatic heterocycles. The Balaban J connectivity index is 3.36. The molecule has 0 radical (unpaired) electrons. The first-order valence-corrected chi connectivity index (χ1v) is 3.63. The van der Waals surface area contributed by atoms with Crippen LogP contribution in [0.4, 0.5) is 0 Å². The number of rotatable bonds is 2. The lowest BCUT2D eigenvalue weighted by Gasteiger charge is -2.09. The maximum absolute atomic E-state index is 7.36. The standard InChI is InChI=1S/C10H14O2/c1-7-5-10(12-4)8(2)6-9(7)11-3/h5-6H,1-4H3/i1D3. The normalized spacial score (nSPS) is 14.4. The van der Waals surface area contributed by atoms with E-state index in [-0.39, 0.29) is 5.56 Å². The summed E-state index contributed by atoms with van der Waals surface area (Å²) >= 11 is 0. The Morgan fingerprint density at radius 3 is 2.08 bits per heavy atom. The lowest BCUT2D eigenvalue weighted by molar-refractivity contribution is 0.398. The van der Waals surface area contributed by atoms with Crippen LogP contribution in [-0.4, -0.2) is 14.2 Å². The fourth-order valence-corrected chi connectivity index (χ4v) is 1.05. The first-order chi connectivity index (χ1) is 6.90. The molecule has 0 unspecified atom stereocenters. The van der Waals surface area contributed by atoms with Gasteiger partial charge in [-0.15, -0.1) is 0 Å². The molecule has 12 heavy (non-hydrogen) atoms. The molecular weight excluding hydrogens is 152 g/mol. The number of hydrogen-bond acceptors (Lipinski definition) is 2. The van der Waals surface area contributed by atoms with Gasteiger partial charge in [-0.3, -0.25) is 0 Å². The highest BCUT2D eigenvalue weighted by Crippen LogP contribution is 2.26. The summed E-state index contributed by atoms with van der Waals surface area (Å²) in [6.45, 7) is -0.350. The smallest absolute Gasteiger partial charge is 0.122 e. The van der Waals surface area contributed by atoms with E-state index in [4.69, 9.17) is 13.6 Å². The molecule has 0 aliphatic carbocycles. The summed E-state index contributed by atoms with van der Waals surface area (Å²) < 4.78 is 32.2. The van der Waals surface area contributed by atoms with Crippen molar-refractivity contribution in [2.75, 3.05) is 14.2 Å². The summed E-state index contributed by atoms with van der Waals surface area (Å²) in [7, 11) is 2.97. The van der Waals surface area contributed by atoms with Gasteiger partial charge in [0.2, 0.25) is 0 Å². The van der Waals surface area contributed by atoms with Crippen LogP contribution in [0.25, 0.3) is 0 Å². The van der Waals surface area contributed by atoms with Crippen LogP contribution in [0.1, 0.15) is 15.2 Å². The maximum Gasteiger partial charge on any atom is 0.122 e. The van der Waals surface area contributed by atoms with Gasteiger partial charge in [-0.2, -0.15) is 0 Å². The van der Waals surface area contributed by atoms with Gasteiger partial charge in [-0.1, -0.05) is 0 Å². The minimum atomic E-state index is -2.19. The van der Waals surface area contributed by atoms with E-state index in [9.17, 15) is 0 Å². The fourth-order valence-electron chi connectivity index (χ4n) is 1.05. The molecule has 2 heteroatoms. The number of aryl methyl sites for hydroxylation is 2. The lowest BCUT2D eigenvalue weighted by atomic mass is 10.1. The first-order valence-electron chi connectivity index (χ1n) is 5.13. The third-order valence-electron chi connectivity index (χ3n) is 1.72. The average Bonchev–Trinajstić information content (AvgIpc) is 2.15. The van der Waals surface area contributed by atoms with Gasteiger partial charge in [0.25, 0.3) is 0 Å². The van der Waals surface area contributed by atoms with Crippen molar-refractivity contribution in [3.05, 3.63) is 23.3 Å². The summed E-state index contributed by atoms with van der Waals surface area (Å²) in [6.07, 6.45) is 0. The van der Waals surface area contributed by atoms with E-state index in [2.05, 4.69) is 0 Å². The van der Waals surface area contributed by atoms with E-state index in [1.807, 2.05) is 6.92 Å². The Labute approximate surface area is 77.3 Å². The number of methoxy groups -OCH3 is 2. The van der Waals surface area contributed by atoms with E-state index < -0.39 is 6.85 Å². The largest absolute Gasteiger partial charge is 0.496 e. The second kappa shape index (κ2) is 3.48. The number of benzene rings is 1. The highest BCUT2D eigenvalue weighted by atomic mass is 16.5. The molecule has 1 aromatic carbocycles. The van der Waals surface area contributed by atoms with E-state index in [0.717, 1.165) is 5.56 Å². The topological polar surface area (TPSA) is 18.5 Å². The van der Waals surface area contributed by atoms with Crippen molar-refractivity contribution < 1.29 is 13.6 Å². The summed E-state index contributed by atoms with van der Waals surface area (Å²) in [5.41, 5.74) is 1.02. The summed E-state index contributed by atoms with van der Waals surface area (Å²) in [6, 6.07) is 3.17. The van der Waals surface area contributed by atoms with E-state index >= 15 is 0 Å². The van der Waals surface area contributed by atoms with E-state index in [0.29, 0.717) is 11.5 Å². The van der Waals surface area contributed by atoms with Crippen LogP contribution in [0.2, 0.25) is 0 Å². The van der Waals surface area contributed by atoms with Crippen LogP contribution >= 0.6 is 0 Å². The molecule has 0 spiro atoms. The van der Waals surface area contributed by atoms with Crippen molar-refractivity contribution >= 4 is 0 Å². The summed E-state index contributed by atoms with van der Waals surface area (Å²) in [5, 5.41) is 0. The Kier molecular flexibility index (Phi) is 1.58. The molecule has 0 atom stereocenters. The van der Waals surface area contributed by atoms with Gasteiger partial charge in [0.15, 0.2) is 0 Å². The van der Waals surface area contributed by atoms with Crippen LogP contribution < -0.4 is 9.47 Å². The third-order valence-corrected chi connectivity index (χ3v) is 1.72. The van der Waals surface area contributed by atoms with Crippen molar-refractivity contribution in [1.29, 1.82) is 0 Å². The molecule has 0 N–H and O–H groups in total. The van der Waals surface area contributed by atoms with E-state index in [1.54, 1.807) is 6.07 Å². The number of hydrogen-bond donors (Lipinski definition) is 0. The van der Waals surface area contributed by atoms with Crippen LogP contribution in [0.3, 0.4) is 0 Å². The Hall–Kier alpha value is -1.18. The van der Waals surface area contributed by atoms with Gasteiger partial charge >= 0.3 is 0 Å². The first kappa shape index (κ1) is 5.46. The van der Waals surface area contributed by atoms with Crippen LogP contribution in [-0.2, 0) is 0 Å². The van der Waals surface area contributed by atoms with Gasteiger partial charge in [-0.25, -0.2) is 0 Å². The minimum Gasteiger partial charge on any atom is -0.496 e. The molecule has 2 nitrogen and oxygen atoms in total. The molecule has 1 rings (SSSR count). The second-order valence-corrected chi connectivity index (χ2v) is 2.52. The summed E-state index contributed by atoms with van der Waals surface area (Å²) in [4.78, 5) is 0. The zero-order chi connectivity index (χ0) is 11.6. The number of ether oxygens (including phenoxy) is 2. The average molecular weight is 169 g/mol. The van der Waals surface area contributed by atoms with Crippen LogP contribution in [0.15, 0.2) is 12.1 Å². The molecule has 0 aromatic heterocycles. The van der Waals surface area contributed by atoms with Crippen LogP contribution in [0.5, 0.6) is 11.5 Å². The van der Waals surface area contributed by atoms with Gasteiger partial charge in [0.05, 0.1) is 14.2 Å². The SMILES string of the molecule is [2H]C([2H])([2H])c1cc(OC)c(C)cc1OC. The van der Waals surface area contributed by atoms with Gasteiger partial charge in [-0.05, 0) is 37.0 Å². The predicted octanol–water partition coefficient (Wildman–Crippen LogP) is 2.32. The Morgan fingerprint density at radius 2 is 1.58 bits per heavy atom. The predicted molar refractivity (Wildman–Crippen MR) is 49.0 cm³/mol. The Morgan fingerprint density at radius 1 is 1.08 bits per heavy atom. The van der Waals surface area contributed by atoms with Gasteiger partial charge in [0, 0.05) is 4.11 Å². The lowest BCUT2D eigenvalue weighted by Crippen LogP contribution is -1.92. The summed E-state index contributed by atoms with van der Waals surface area (Å²) in [5.74, 6) is 0.926. The zero-order valence-corrected chi connectivity index (χ0v) is 7.47. The molecule has 0 heterocycles. The molecule has 0 saturated carbocycles. The monoisotopic (exact) mass is 169 g/mol. The molecule has 0 fully saturated rings. The zero-order valence-electron chi connectivity index (χ0n) is 10.5. The van der Waals surface area contributed by atoms with Crippen molar-refractivity contribution in [3.8, 4) is 11.5 Å². The quantitative estimate of drug-likeness (QED) is 0.676. The Bertz CT molecular complexity index is 358. The fraction of sp³-hybridized carbons (Fsp3) is 0.400. The highest BCUT2D eigenvalue weighted by molar-refractivity contribution is 5.45. The van der Waals surface area contributed by atoms with Gasteiger partial charge in [0.1, 0.15) is 11.5 Å². The van der Waals surface area contributed by atoms with Crippen molar-refractivity contribution in [3.63, 3.8) is 0 Å². The minimum absolute atomic E-state index is 0.174. The molecule has 1 aromatic rings. The highest BCUT2D eigenvalue weighted by Gasteiger charge is 2.03. The van der Waals surface area contributed by atoms with Crippen molar-refractivity contribution in [2.24, 2.45) is 0 Å². The van der Waals surface area contributed by atoms with Crippen molar-refractivity contribution in [1.82, 2.24) is 0 Å². The molecule has 0 amide bonds. The van der Waals surface area contributed by atoms with E-state index in [1.165, 1.54) is 20.3 Å². The molecule has 0 aliphatic rings.